The summed E-state index contributed by atoms with van der Waals surface area (Å²) >= 11 is 0. The molecule has 0 spiro atoms. The molecule has 1 aliphatic rings. The minimum absolute atomic E-state index is 0.0365. The summed E-state index contributed by atoms with van der Waals surface area (Å²) < 4.78 is 10.6. The van der Waals surface area contributed by atoms with E-state index in [9.17, 15) is 4.79 Å². The molecule has 2 rings (SSSR count). The van der Waals surface area contributed by atoms with E-state index >= 15 is 0 Å². The van der Waals surface area contributed by atoms with Crippen LogP contribution in [0.15, 0.2) is 18.6 Å². The summed E-state index contributed by atoms with van der Waals surface area (Å²) in [6.07, 6.45) is 7.59. The van der Waals surface area contributed by atoms with Gasteiger partial charge in [-0.1, -0.05) is 0 Å². The van der Waals surface area contributed by atoms with Gasteiger partial charge in [0, 0.05) is 19.0 Å². The number of carbonyl (C=O) groups excluding carboxylic acids is 1. The second-order valence-electron chi connectivity index (χ2n) is 3.68. The Labute approximate surface area is 93.8 Å². The summed E-state index contributed by atoms with van der Waals surface area (Å²) in [5.41, 5.74) is 0.235. The Hall–Kier alpha value is -1.49. The molecule has 86 valence electrons. The number of hydrogen-bond donors (Lipinski definition) is 0. The van der Waals surface area contributed by atoms with Crippen LogP contribution in [0.25, 0.3) is 0 Å². The number of carbonyl (C=O) groups is 1. The molecule has 1 fully saturated rings. The Balaban J connectivity index is 1.79. The molecule has 0 aliphatic carbocycles. The maximum atomic E-state index is 11.5. The molecular formula is C11H14N2O3. The van der Waals surface area contributed by atoms with Crippen LogP contribution in [0, 0.1) is 0 Å². The highest BCUT2D eigenvalue weighted by molar-refractivity contribution is 5.86. The quantitative estimate of drug-likeness (QED) is 0.719. The molecule has 0 aromatic carbocycles. The molecule has 2 heterocycles. The minimum Gasteiger partial charge on any atom is -0.458 e. The number of nitrogens with zero attached hydrogens (tertiary/aromatic N) is 2. The zero-order valence-corrected chi connectivity index (χ0v) is 8.96. The first-order valence-electron chi connectivity index (χ1n) is 5.41. The van der Waals surface area contributed by atoms with Crippen LogP contribution >= 0.6 is 0 Å². The Morgan fingerprint density at radius 3 is 3.12 bits per heavy atom. The van der Waals surface area contributed by atoms with Gasteiger partial charge in [-0.3, -0.25) is 4.98 Å². The van der Waals surface area contributed by atoms with E-state index in [2.05, 4.69) is 9.97 Å². The Bertz CT molecular complexity index is 336. The van der Waals surface area contributed by atoms with E-state index in [4.69, 9.17) is 9.47 Å². The van der Waals surface area contributed by atoms with Gasteiger partial charge in [-0.2, -0.15) is 0 Å². The molecule has 1 aromatic heterocycles. The van der Waals surface area contributed by atoms with Gasteiger partial charge in [0.2, 0.25) is 0 Å². The lowest BCUT2D eigenvalue weighted by molar-refractivity contribution is -0.0302. The highest BCUT2D eigenvalue weighted by Gasteiger charge is 2.17. The lowest BCUT2D eigenvalue weighted by Gasteiger charge is -2.21. The minimum atomic E-state index is -0.442. The second kappa shape index (κ2) is 5.55. The molecule has 0 amide bonds. The largest absolute Gasteiger partial charge is 0.458 e. The Morgan fingerprint density at radius 1 is 1.50 bits per heavy atom. The maximum absolute atomic E-state index is 11.5. The smallest absolute Gasteiger partial charge is 0.358 e. The fourth-order valence-corrected chi connectivity index (χ4v) is 1.59. The lowest BCUT2D eigenvalue weighted by atomic mass is 10.1. The zero-order valence-electron chi connectivity index (χ0n) is 8.96. The molecular weight excluding hydrogens is 208 g/mol. The van der Waals surface area contributed by atoms with Gasteiger partial charge in [0.25, 0.3) is 0 Å². The fraction of sp³-hybridized carbons (Fsp3) is 0.545. The van der Waals surface area contributed by atoms with Crippen molar-refractivity contribution in [1.82, 2.24) is 9.97 Å². The topological polar surface area (TPSA) is 61.3 Å². The predicted molar refractivity (Wildman–Crippen MR) is 55.9 cm³/mol. The number of rotatable bonds is 3. The summed E-state index contributed by atoms with van der Waals surface area (Å²) in [4.78, 5) is 19.2. The molecule has 5 nitrogen and oxygen atoms in total. The molecule has 0 saturated carbocycles. The van der Waals surface area contributed by atoms with Crippen LogP contribution < -0.4 is 0 Å². The highest BCUT2D eigenvalue weighted by atomic mass is 16.6. The number of esters is 1. The van der Waals surface area contributed by atoms with E-state index in [1.165, 1.54) is 18.6 Å². The molecule has 5 heteroatoms. The van der Waals surface area contributed by atoms with Crippen molar-refractivity contribution in [3.8, 4) is 0 Å². The van der Waals surface area contributed by atoms with Crippen LogP contribution in [0.1, 0.15) is 29.8 Å². The summed E-state index contributed by atoms with van der Waals surface area (Å²) in [6.45, 7) is 1.06. The SMILES string of the molecule is O=C(OCC1CCCCO1)c1cnccn1. The molecule has 0 N–H and O–H groups in total. The van der Waals surface area contributed by atoms with Gasteiger partial charge < -0.3 is 9.47 Å². The van der Waals surface area contributed by atoms with E-state index in [-0.39, 0.29) is 11.8 Å². The van der Waals surface area contributed by atoms with Crippen molar-refractivity contribution >= 4 is 5.97 Å². The van der Waals surface area contributed by atoms with Gasteiger partial charge in [-0.05, 0) is 19.3 Å². The van der Waals surface area contributed by atoms with E-state index in [1.807, 2.05) is 0 Å². The van der Waals surface area contributed by atoms with Crippen LogP contribution in [0.3, 0.4) is 0 Å². The van der Waals surface area contributed by atoms with Crippen molar-refractivity contribution in [3.63, 3.8) is 0 Å². The summed E-state index contributed by atoms with van der Waals surface area (Å²) in [5, 5.41) is 0. The summed E-state index contributed by atoms with van der Waals surface area (Å²) in [6, 6.07) is 0. The normalized spacial score (nSPS) is 20.4. The van der Waals surface area contributed by atoms with Crippen LogP contribution in [-0.4, -0.2) is 35.3 Å². The Morgan fingerprint density at radius 2 is 2.44 bits per heavy atom. The first kappa shape index (κ1) is 11.0. The fourth-order valence-electron chi connectivity index (χ4n) is 1.59. The average molecular weight is 222 g/mol. The maximum Gasteiger partial charge on any atom is 0.358 e. The second-order valence-corrected chi connectivity index (χ2v) is 3.68. The van der Waals surface area contributed by atoms with Crippen molar-refractivity contribution in [2.45, 2.75) is 25.4 Å². The average Bonchev–Trinajstić information content (AvgIpc) is 2.38. The first-order valence-corrected chi connectivity index (χ1v) is 5.41. The van der Waals surface area contributed by atoms with Crippen LogP contribution in [0.5, 0.6) is 0 Å². The number of ether oxygens (including phenoxy) is 2. The molecule has 1 aromatic rings. The van der Waals surface area contributed by atoms with Crippen molar-refractivity contribution in [2.75, 3.05) is 13.2 Å². The standard InChI is InChI=1S/C11H14N2O3/c14-11(10-7-12-4-5-13-10)16-8-9-3-1-2-6-15-9/h4-5,7,9H,1-3,6,8H2. The van der Waals surface area contributed by atoms with E-state index in [1.54, 1.807) is 0 Å². The molecule has 16 heavy (non-hydrogen) atoms. The van der Waals surface area contributed by atoms with E-state index < -0.39 is 5.97 Å². The zero-order chi connectivity index (χ0) is 11.2. The summed E-state index contributed by atoms with van der Waals surface area (Å²) in [5.74, 6) is -0.442. The number of hydrogen-bond acceptors (Lipinski definition) is 5. The van der Waals surface area contributed by atoms with Gasteiger partial charge in [0.05, 0.1) is 12.3 Å². The van der Waals surface area contributed by atoms with Crippen LogP contribution in [0.4, 0.5) is 0 Å². The van der Waals surface area contributed by atoms with Crippen LogP contribution in [-0.2, 0) is 9.47 Å². The number of aromatic nitrogens is 2. The molecule has 1 aliphatic heterocycles. The van der Waals surface area contributed by atoms with E-state index in [0.29, 0.717) is 6.61 Å². The van der Waals surface area contributed by atoms with Gasteiger partial charge in [-0.15, -0.1) is 0 Å². The molecule has 1 atom stereocenters. The van der Waals surface area contributed by atoms with Crippen molar-refractivity contribution in [3.05, 3.63) is 24.3 Å². The lowest BCUT2D eigenvalue weighted by Crippen LogP contribution is -2.26. The monoisotopic (exact) mass is 222 g/mol. The van der Waals surface area contributed by atoms with Gasteiger partial charge in [0.1, 0.15) is 6.61 Å². The van der Waals surface area contributed by atoms with Gasteiger partial charge >= 0.3 is 5.97 Å². The molecule has 0 bridgehead atoms. The highest BCUT2D eigenvalue weighted by Crippen LogP contribution is 2.13. The Kier molecular flexibility index (Phi) is 3.82. The third kappa shape index (κ3) is 3.00. The summed E-state index contributed by atoms with van der Waals surface area (Å²) in [7, 11) is 0. The third-order valence-corrected chi connectivity index (χ3v) is 2.45. The first-order chi connectivity index (χ1) is 7.86. The van der Waals surface area contributed by atoms with Gasteiger partial charge in [-0.25, -0.2) is 9.78 Å². The molecule has 1 unspecified atom stereocenters. The molecule has 1 saturated heterocycles. The molecule has 0 radical (unpaired) electrons. The van der Waals surface area contributed by atoms with E-state index in [0.717, 1.165) is 25.9 Å². The van der Waals surface area contributed by atoms with Crippen molar-refractivity contribution in [1.29, 1.82) is 0 Å². The van der Waals surface area contributed by atoms with Gasteiger partial charge in [0.15, 0.2) is 5.69 Å². The third-order valence-electron chi connectivity index (χ3n) is 2.45. The van der Waals surface area contributed by atoms with Crippen molar-refractivity contribution in [2.24, 2.45) is 0 Å². The van der Waals surface area contributed by atoms with Crippen LogP contribution in [0.2, 0.25) is 0 Å². The predicted octanol–water partition coefficient (Wildman–Crippen LogP) is 1.20. The van der Waals surface area contributed by atoms with Crippen molar-refractivity contribution < 1.29 is 14.3 Å².